The molecule has 1 aromatic carbocycles. The molecular weight excluding hydrogens is 363 g/mol. The molecule has 7 nitrogen and oxygen atoms in total. The van der Waals surface area contributed by atoms with E-state index in [1.54, 1.807) is 36.1 Å². The van der Waals surface area contributed by atoms with Crippen molar-refractivity contribution in [2.75, 3.05) is 30.3 Å². The zero-order valence-electron chi connectivity index (χ0n) is 15.7. The third-order valence-electron chi connectivity index (χ3n) is 4.51. The van der Waals surface area contributed by atoms with E-state index in [1.165, 1.54) is 18.3 Å². The van der Waals surface area contributed by atoms with Gasteiger partial charge in [0, 0.05) is 25.3 Å². The molecule has 1 aliphatic rings. The predicted octanol–water partition coefficient (Wildman–Crippen LogP) is 3.51. The number of carbonyl (C=O) groups excluding carboxylic acids is 2. The Morgan fingerprint density at radius 3 is 2.68 bits per heavy atom. The summed E-state index contributed by atoms with van der Waals surface area (Å²) in [6.45, 7) is 3.29. The molecule has 0 atom stereocenters. The van der Waals surface area contributed by atoms with Crippen LogP contribution in [0, 0.1) is 5.82 Å². The topological polar surface area (TPSA) is 83.6 Å². The van der Waals surface area contributed by atoms with Gasteiger partial charge in [-0.2, -0.15) is 0 Å². The quantitative estimate of drug-likeness (QED) is 0.822. The van der Waals surface area contributed by atoms with Crippen molar-refractivity contribution in [3.05, 3.63) is 54.1 Å². The predicted molar refractivity (Wildman–Crippen MR) is 104 cm³/mol. The Morgan fingerprint density at radius 2 is 2.00 bits per heavy atom. The number of hydrogen-bond acceptors (Lipinski definition) is 5. The van der Waals surface area contributed by atoms with Crippen LogP contribution in [0.1, 0.15) is 30.3 Å². The molecule has 0 unspecified atom stereocenters. The first-order chi connectivity index (χ1) is 13.6. The smallest absolute Gasteiger partial charge is 0.409 e. The van der Waals surface area contributed by atoms with Crippen LogP contribution >= 0.6 is 0 Å². The first-order valence-electron chi connectivity index (χ1n) is 9.27. The maximum Gasteiger partial charge on any atom is 0.409 e. The number of likely N-dealkylation sites (tertiary alicyclic amines) is 1. The van der Waals surface area contributed by atoms with E-state index >= 15 is 0 Å². The molecule has 0 aliphatic carbocycles. The van der Waals surface area contributed by atoms with Gasteiger partial charge in [0.1, 0.15) is 11.5 Å². The van der Waals surface area contributed by atoms with Gasteiger partial charge >= 0.3 is 6.09 Å². The van der Waals surface area contributed by atoms with Gasteiger partial charge in [0.15, 0.2) is 0 Å². The Balaban J connectivity index is 1.65. The Labute approximate surface area is 162 Å². The van der Waals surface area contributed by atoms with Gasteiger partial charge in [-0.3, -0.25) is 9.78 Å². The number of halogens is 1. The lowest BCUT2D eigenvalue weighted by molar-refractivity contribution is 0.0981. The van der Waals surface area contributed by atoms with Gasteiger partial charge in [0.25, 0.3) is 5.91 Å². The van der Waals surface area contributed by atoms with Crippen LogP contribution in [0.15, 0.2) is 42.6 Å². The number of aromatic nitrogens is 1. The van der Waals surface area contributed by atoms with Crippen molar-refractivity contribution in [1.82, 2.24) is 9.88 Å². The molecule has 1 aliphatic heterocycles. The molecule has 8 heteroatoms. The lowest BCUT2D eigenvalue weighted by Gasteiger charge is -2.32. The van der Waals surface area contributed by atoms with Crippen LogP contribution < -0.4 is 10.6 Å². The maximum absolute atomic E-state index is 13.7. The van der Waals surface area contributed by atoms with E-state index in [4.69, 9.17) is 4.74 Å². The van der Waals surface area contributed by atoms with Gasteiger partial charge in [0.05, 0.1) is 18.0 Å². The van der Waals surface area contributed by atoms with E-state index in [0.29, 0.717) is 31.1 Å². The molecule has 0 bridgehead atoms. The number of anilines is 2. The Morgan fingerprint density at radius 1 is 1.21 bits per heavy atom. The first-order valence-corrected chi connectivity index (χ1v) is 9.27. The molecule has 1 saturated heterocycles. The highest BCUT2D eigenvalue weighted by Crippen LogP contribution is 2.26. The van der Waals surface area contributed by atoms with Crippen molar-refractivity contribution in [1.29, 1.82) is 0 Å². The minimum atomic E-state index is -0.445. The summed E-state index contributed by atoms with van der Waals surface area (Å²) in [4.78, 5) is 29.9. The van der Waals surface area contributed by atoms with Crippen molar-refractivity contribution in [3.63, 3.8) is 0 Å². The molecule has 1 aromatic heterocycles. The van der Waals surface area contributed by atoms with Gasteiger partial charge in [-0.15, -0.1) is 0 Å². The average molecular weight is 386 g/mol. The number of benzene rings is 1. The zero-order valence-corrected chi connectivity index (χ0v) is 15.7. The van der Waals surface area contributed by atoms with Crippen LogP contribution in [-0.4, -0.2) is 47.6 Å². The average Bonchev–Trinajstić information content (AvgIpc) is 2.71. The minimum Gasteiger partial charge on any atom is -0.450 e. The number of hydrogen-bond donors (Lipinski definition) is 2. The molecule has 2 amide bonds. The van der Waals surface area contributed by atoms with Crippen LogP contribution in [-0.2, 0) is 4.74 Å². The van der Waals surface area contributed by atoms with Crippen molar-refractivity contribution >= 4 is 23.4 Å². The standard InChI is InChI=1S/C20H23FN4O3/c1-2-28-20(27)25-11-8-15(9-12-25)23-16-7-6-14(21)13-18(16)24-19(26)17-5-3-4-10-22-17/h3-7,10,13,15,23H,2,8-9,11-12H2,1H3,(H,24,26). The number of piperidine rings is 1. The lowest BCUT2D eigenvalue weighted by Crippen LogP contribution is -2.42. The Bertz CT molecular complexity index is 823. The number of ether oxygens (including phenoxy) is 1. The van der Waals surface area contributed by atoms with Gasteiger partial charge < -0.3 is 20.3 Å². The molecule has 0 radical (unpaired) electrons. The van der Waals surface area contributed by atoms with E-state index in [0.717, 1.165) is 12.8 Å². The summed E-state index contributed by atoms with van der Waals surface area (Å²) in [6, 6.07) is 9.33. The normalized spacial score (nSPS) is 14.4. The minimum absolute atomic E-state index is 0.0987. The summed E-state index contributed by atoms with van der Waals surface area (Å²) in [7, 11) is 0. The van der Waals surface area contributed by atoms with Crippen molar-refractivity contribution in [2.24, 2.45) is 0 Å². The monoisotopic (exact) mass is 386 g/mol. The van der Waals surface area contributed by atoms with Gasteiger partial charge in [-0.1, -0.05) is 6.07 Å². The fourth-order valence-corrected chi connectivity index (χ4v) is 3.07. The van der Waals surface area contributed by atoms with Crippen molar-refractivity contribution < 1.29 is 18.7 Å². The molecule has 3 rings (SSSR count). The van der Waals surface area contributed by atoms with E-state index in [2.05, 4.69) is 15.6 Å². The van der Waals surface area contributed by atoms with E-state index < -0.39 is 11.7 Å². The summed E-state index contributed by atoms with van der Waals surface area (Å²) >= 11 is 0. The number of carbonyl (C=O) groups is 2. The number of amides is 2. The highest BCUT2D eigenvalue weighted by molar-refractivity contribution is 6.04. The molecule has 1 fully saturated rings. The second-order valence-electron chi connectivity index (χ2n) is 6.46. The summed E-state index contributed by atoms with van der Waals surface area (Å²) in [6.07, 6.45) is 2.68. The molecule has 0 spiro atoms. The van der Waals surface area contributed by atoms with Crippen molar-refractivity contribution in [3.8, 4) is 0 Å². The summed E-state index contributed by atoms with van der Waals surface area (Å²) in [5, 5.41) is 6.06. The zero-order chi connectivity index (χ0) is 19.9. The highest BCUT2D eigenvalue weighted by Gasteiger charge is 2.24. The number of nitrogens with zero attached hydrogens (tertiary/aromatic N) is 2. The maximum atomic E-state index is 13.7. The van der Waals surface area contributed by atoms with Gasteiger partial charge in [0.2, 0.25) is 0 Å². The second kappa shape index (κ2) is 9.16. The van der Waals surface area contributed by atoms with Crippen molar-refractivity contribution in [2.45, 2.75) is 25.8 Å². The van der Waals surface area contributed by atoms with E-state index in [9.17, 15) is 14.0 Å². The fourth-order valence-electron chi connectivity index (χ4n) is 3.07. The van der Waals surface area contributed by atoms with Gasteiger partial charge in [-0.25, -0.2) is 9.18 Å². The molecule has 148 valence electrons. The Hall–Kier alpha value is -3.16. The second-order valence-corrected chi connectivity index (χ2v) is 6.46. The van der Waals surface area contributed by atoms with E-state index in [1.807, 2.05) is 0 Å². The van der Waals surface area contributed by atoms with E-state index in [-0.39, 0.29) is 17.8 Å². The molecule has 0 saturated carbocycles. The number of pyridine rings is 1. The van der Waals surface area contributed by atoms with Crippen LogP contribution in [0.25, 0.3) is 0 Å². The largest absolute Gasteiger partial charge is 0.450 e. The molecule has 28 heavy (non-hydrogen) atoms. The SMILES string of the molecule is CCOC(=O)N1CCC(Nc2ccc(F)cc2NC(=O)c2ccccn2)CC1. The summed E-state index contributed by atoms with van der Waals surface area (Å²) in [5.41, 5.74) is 1.23. The molecule has 2 N–H and O–H groups in total. The molecular formula is C20H23FN4O3. The lowest BCUT2D eigenvalue weighted by atomic mass is 10.0. The third kappa shape index (κ3) is 4.97. The first kappa shape index (κ1) is 19.6. The highest BCUT2D eigenvalue weighted by atomic mass is 19.1. The van der Waals surface area contributed by atoms with Gasteiger partial charge in [-0.05, 0) is 50.1 Å². The van der Waals surface area contributed by atoms with Crippen LogP contribution in [0.3, 0.4) is 0 Å². The summed E-state index contributed by atoms with van der Waals surface area (Å²) in [5.74, 6) is -0.856. The molecule has 2 heterocycles. The third-order valence-corrected chi connectivity index (χ3v) is 4.51. The van der Waals surface area contributed by atoms with Crippen LogP contribution in [0.4, 0.5) is 20.6 Å². The van der Waals surface area contributed by atoms with Crippen LogP contribution in [0.5, 0.6) is 0 Å². The summed E-state index contributed by atoms with van der Waals surface area (Å²) < 4.78 is 18.8. The molecule has 2 aromatic rings. The number of rotatable bonds is 5. The fraction of sp³-hybridized carbons (Fsp3) is 0.350. The Kier molecular flexibility index (Phi) is 6.41. The van der Waals surface area contributed by atoms with Crippen LogP contribution in [0.2, 0.25) is 0 Å². The number of nitrogens with one attached hydrogen (secondary N) is 2.